The van der Waals surface area contributed by atoms with E-state index in [0.29, 0.717) is 16.2 Å². The van der Waals surface area contributed by atoms with Gasteiger partial charge >= 0.3 is 0 Å². The maximum atomic E-state index is 6.00. The topological polar surface area (TPSA) is 25.8 Å². The van der Waals surface area contributed by atoms with Gasteiger partial charge in [0.15, 0.2) is 10.3 Å². The number of alkyl halides is 1. The molecule has 1 aromatic heterocycles. The van der Waals surface area contributed by atoms with Gasteiger partial charge in [0.25, 0.3) is 0 Å². The molecule has 0 spiro atoms. The summed E-state index contributed by atoms with van der Waals surface area (Å²) in [5.74, 6) is 0.489. The molecular weight excluding hydrogens is 254 g/mol. The quantitative estimate of drug-likeness (QED) is 0.768. The van der Waals surface area contributed by atoms with E-state index in [1.807, 2.05) is 0 Å². The van der Waals surface area contributed by atoms with Crippen LogP contribution in [0.15, 0.2) is 6.07 Å². The summed E-state index contributed by atoms with van der Waals surface area (Å²) in [6.07, 6.45) is 1.97. The van der Waals surface area contributed by atoms with Gasteiger partial charge in [-0.3, -0.25) is 0 Å². The molecule has 0 aliphatic heterocycles. The van der Waals surface area contributed by atoms with Gasteiger partial charge in [0, 0.05) is 16.9 Å². The highest BCUT2D eigenvalue weighted by Gasteiger charge is 2.28. The Morgan fingerprint density at radius 1 is 1.33 bits per heavy atom. The van der Waals surface area contributed by atoms with Crippen molar-refractivity contribution in [3.63, 3.8) is 0 Å². The molecule has 0 N–H and O–H groups in total. The second-order valence-corrected chi connectivity index (χ2v) is 4.83. The molecule has 0 radical (unpaired) electrons. The predicted octanol–water partition coefficient (Wildman–Crippen LogP) is 4.08. The van der Waals surface area contributed by atoms with Crippen LogP contribution in [0.3, 0.4) is 0 Å². The molecule has 5 heteroatoms. The summed E-state index contributed by atoms with van der Waals surface area (Å²) in [7, 11) is 0. The van der Waals surface area contributed by atoms with Gasteiger partial charge in [-0.05, 0) is 12.5 Å². The van der Waals surface area contributed by atoms with Crippen LogP contribution in [0.2, 0.25) is 10.3 Å². The minimum absolute atomic E-state index is 0.188. The summed E-state index contributed by atoms with van der Waals surface area (Å²) in [6, 6.07) is 1.74. The van der Waals surface area contributed by atoms with Crippen molar-refractivity contribution in [2.75, 3.05) is 5.88 Å². The van der Waals surface area contributed by atoms with E-state index in [9.17, 15) is 0 Å². The normalized spacial score (nSPS) is 15.0. The average molecular weight is 268 g/mol. The first-order valence-electron chi connectivity index (χ1n) is 4.78. The number of rotatable bonds is 4. The fourth-order valence-electron chi connectivity index (χ4n) is 1.60. The number of nitrogens with zero attached hydrogens (tertiary/aromatic N) is 2. The molecule has 0 aromatic carbocycles. The third kappa shape index (κ3) is 2.96. The molecule has 1 atom stereocenters. The number of halogens is 3. The lowest BCUT2D eigenvalue weighted by atomic mass is 9.81. The SMILES string of the molecule is CCCC(C)(CCl)c1cc(Cl)nnc1Cl. The van der Waals surface area contributed by atoms with Crippen LogP contribution in [0.25, 0.3) is 0 Å². The highest BCUT2D eigenvalue weighted by Crippen LogP contribution is 2.34. The molecule has 2 nitrogen and oxygen atoms in total. The lowest BCUT2D eigenvalue weighted by molar-refractivity contribution is 0.476. The van der Waals surface area contributed by atoms with E-state index in [0.717, 1.165) is 18.4 Å². The molecule has 1 heterocycles. The third-order valence-corrected chi connectivity index (χ3v) is 3.52. The van der Waals surface area contributed by atoms with E-state index in [2.05, 4.69) is 24.0 Å². The van der Waals surface area contributed by atoms with Crippen LogP contribution in [0, 0.1) is 0 Å². The second kappa shape index (κ2) is 5.33. The van der Waals surface area contributed by atoms with Crippen molar-refractivity contribution in [2.45, 2.75) is 32.1 Å². The molecule has 1 aromatic rings. The van der Waals surface area contributed by atoms with Crippen LogP contribution < -0.4 is 0 Å². The molecule has 1 rings (SSSR count). The molecule has 1 unspecified atom stereocenters. The van der Waals surface area contributed by atoms with Crippen molar-refractivity contribution >= 4 is 34.8 Å². The van der Waals surface area contributed by atoms with Crippen molar-refractivity contribution in [1.82, 2.24) is 10.2 Å². The van der Waals surface area contributed by atoms with Crippen LogP contribution >= 0.6 is 34.8 Å². The fraction of sp³-hybridized carbons (Fsp3) is 0.600. The second-order valence-electron chi connectivity index (χ2n) is 3.82. The minimum Gasteiger partial charge on any atom is -0.137 e. The fourth-order valence-corrected chi connectivity index (χ4v) is 2.35. The zero-order valence-electron chi connectivity index (χ0n) is 8.73. The van der Waals surface area contributed by atoms with E-state index in [4.69, 9.17) is 34.8 Å². The van der Waals surface area contributed by atoms with Crippen molar-refractivity contribution in [2.24, 2.45) is 0 Å². The van der Waals surface area contributed by atoms with E-state index in [1.165, 1.54) is 0 Å². The van der Waals surface area contributed by atoms with Gasteiger partial charge in [-0.25, -0.2) is 0 Å². The monoisotopic (exact) mass is 266 g/mol. The molecule has 0 saturated carbocycles. The third-order valence-electron chi connectivity index (χ3n) is 2.47. The molecule has 0 amide bonds. The van der Waals surface area contributed by atoms with Gasteiger partial charge in [-0.15, -0.1) is 21.8 Å². The molecule has 0 aliphatic rings. The van der Waals surface area contributed by atoms with Gasteiger partial charge in [0.1, 0.15) is 0 Å². The van der Waals surface area contributed by atoms with Crippen LogP contribution in [-0.2, 0) is 5.41 Å². The summed E-state index contributed by atoms with van der Waals surface area (Å²) in [6.45, 7) is 4.16. The van der Waals surface area contributed by atoms with Crippen LogP contribution in [0.5, 0.6) is 0 Å². The molecule has 0 fully saturated rings. The molecular formula is C10H13Cl3N2. The van der Waals surface area contributed by atoms with E-state index in [1.54, 1.807) is 6.07 Å². The van der Waals surface area contributed by atoms with Gasteiger partial charge in [0.05, 0.1) is 0 Å². The molecule has 84 valence electrons. The molecule has 15 heavy (non-hydrogen) atoms. The Bertz CT molecular complexity index is 343. The lowest BCUT2D eigenvalue weighted by Crippen LogP contribution is -2.25. The first kappa shape index (κ1) is 13.0. The van der Waals surface area contributed by atoms with E-state index in [-0.39, 0.29) is 5.41 Å². The highest BCUT2D eigenvalue weighted by atomic mass is 35.5. The lowest BCUT2D eigenvalue weighted by Gasteiger charge is -2.27. The van der Waals surface area contributed by atoms with Gasteiger partial charge in [0.2, 0.25) is 0 Å². The average Bonchev–Trinajstić information content (AvgIpc) is 2.22. The Morgan fingerprint density at radius 2 is 2.00 bits per heavy atom. The molecule has 0 bridgehead atoms. The van der Waals surface area contributed by atoms with Crippen molar-refractivity contribution < 1.29 is 0 Å². The maximum Gasteiger partial charge on any atom is 0.155 e. The van der Waals surface area contributed by atoms with E-state index >= 15 is 0 Å². The van der Waals surface area contributed by atoms with Crippen LogP contribution in [-0.4, -0.2) is 16.1 Å². The first-order valence-corrected chi connectivity index (χ1v) is 6.07. The van der Waals surface area contributed by atoms with Gasteiger partial charge < -0.3 is 0 Å². The number of aromatic nitrogens is 2. The standard InChI is InChI=1S/C10H13Cl3N2/c1-3-4-10(2,6-11)7-5-8(12)14-15-9(7)13/h5H,3-4,6H2,1-2H3. The van der Waals surface area contributed by atoms with E-state index < -0.39 is 0 Å². The van der Waals surface area contributed by atoms with Crippen molar-refractivity contribution in [3.8, 4) is 0 Å². The molecule has 0 saturated heterocycles. The minimum atomic E-state index is -0.188. The maximum absolute atomic E-state index is 6.00. The Balaban J connectivity index is 3.16. The Kier molecular flexibility index (Phi) is 4.63. The first-order chi connectivity index (χ1) is 7.03. The Morgan fingerprint density at radius 3 is 2.53 bits per heavy atom. The molecule has 0 aliphatic carbocycles. The summed E-state index contributed by atoms with van der Waals surface area (Å²) in [4.78, 5) is 0. The van der Waals surface area contributed by atoms with Crippen molar-refractivity contribution in [3.05, 3.63) is 21.9 Å². The Labute approximate surface area is 105 Å². The largest absolute Gasteiger partial charge is 0.155 e. The Hall–Kier alpha value is -0.0500. The zero-order valence-corrected chi connectivity index (χ0v) is 11.0. The summed E-state index contributed by atoms with van der Waals surface area (Å²) < 4.78 is 0. The summed E-state index contributed by atoms with van der Waals surface area (Å²) in [5, 5.41) is 8.22. The summed E-state index contributed by atoms with van der Waals surface area (Å²) >= 11 is 17.8. The highest BCUT2D eigenvalue weighted by molar-refractivity contribution is 6.32. The van der Waals surface area contributed by atoms with Crippen LogP contribution in [0.1, 0.15) is 32.3 Å². The van der Waals surface area contributed by atoms with Crippen LogP contribution in [0.4, 0.5) is 0 Å². The zero-order chi connectivity index (χ0) is 11.5. The number of hydrogen-bond donors (Lipinski definition) is 0. The van der Waals surface area contributed by atoms with Crippen molar-refractivity contribution in [1.29, 1.82) is 0 Å². The number of hydrogen-bond acceptors (Lipinski definition) is 2. The smallest absolute Gasteiger partial charge is 0.137 e. The summed E-state index contributed by atoms with van der Waals surface area (Å²) in [5.41, 5.74) is 0.688. The van der Waals surface area contributed by atoms with Gasteiger partial charge in [-0.1, -0.05) is 43.5 Å². The van der Waals surface area contributed by atoms with Gasteiger partial charge in [-0.2, -0.15) is 0 Å². The predicted molar refractivity (Wildman–Crippen MR) is 65.0 cm³/mol.